The van der Waals surface area contributed by atoms with E-state index in [1.807, 2.05) is 0 Å². The maximum Gasteiger partial charge on any atom is 0.416 e. The minimum Gasteiger partial charge on any atom is -0.469 e. The van der Waals surface area contributed by atoms with E-state index in [0.29, 0.717) is 5.56 Å². The van der Waals surface area contributed by atoms with Crippen molar-refractivity contribution in [3.05, 3.63) is 64.5 Å². The summed E-state index contributed by atoms with van der Waals surface area (Å²) < 4.78 is 60.5. The number of ether oxygens (including phenoxy) is 1. The molecule has 0 fully saturated rings. The van der Waals surface area contributed by atoms with Crippen LogP contribution in [-0.4, -0.2) is 13.1 Å². The molecule has 2 rings (SSSR count). The van der Waals surface area contributed by atoms with Gasteiger partial charge in [-0.2, -0.15) is 13.2 Å². The number of nitrogen functional groups attached to an aromatic ring is 1. The molecule has 158 valence electrons. The average Bonchev–Trinajstić information content (AvgIpc) is 2.67. The molecule has 0 radical (unpaired) electrons. The fraction of sp³-hybridized carbons (Fsp3) is 0.316. The van der Waals surface area contributed by atoms with E-state index in [0.717, 1.165) is 24.1 Å². The molecule has 5 nitrogen and oxygen atoms in total. The summed E-state index contributed by atoms with van der Waals surface area (Å²) in [6.07, 6.45) is -4.75. The van der Waals surface area contributed by atoms with Gasteiger partial charge in [0.15, 0.2) is 0 Å². The van der Waals surface area contributed by atoms with Gasteiger partial charge in [-0.25, -0.2) is 4.39 Å². The van der Waals surface area contributed by atoms with Crippen LogP contribution in [0.4, 0.5) is 23.2 Å². The van der Waals surface area contributed by atoms with Crippen molar-refractivity contribution in [3.63, 3.8) is 0 Å². The lowest BCUT2D eigenvalue weighted by molar-refractivity contribution is -0.141. The van der Waals surface area contributed by atoms with Gasteiger partial charge in [0.2, 0.25) is 0 Å². The van der Waals surface area contributed by atoms with Crippen molar-refractivity contribution in [2.45, 2.75) is 30.9 Å². The minimum absolute atomic E-state index is 0.227. The Bertz CT molecular complexity index is 877. The van der Waals surface area contributed by atoms with Crippen LogP contribution in [-0.2, 0) is 15.7 Å². The molecule has 5 N–H and O–H groups in total. The van der Waals surface area contributed by atoms with E-state index in [-0.39, 0.29) is 23.2 Å². The summed E-state index contributed by atoms with van der Waals surface area (Å²) in [5.74, 6) is -1.09. The molecule has 0 heterocycles. The van der Waals surface area contributed by atoms with E-state index in [2.05, 4.69) is 9.46 Å². The molecule has 0 aliphatic carbocycles. The Balaban J connectivity index is 2.26. The van der Waals surface area contributed by atoms with Crippen molar-refractivity contribution in [2.24, 2.45) is 5.73 Å². The third kappa shape index (κ3) is 5.84. The Labute approximate surface area is 169 Å². The number of benzene rings is 2. The van der Waals surface area contributed by atoms with E-state index >= 15 is 0 Å². The molecule has 2 unspecified atom stereocenters. The lowest BCUT2D eigenvalue weighted by atomic mass is 10.0. The van der Waals surface area contributed by atoms with Crippen molar-refractivity contribution in [1.82, 2.24) is 4.72 Å². The van der Waals surface area contributed by atoms with Crippen LogP contribution in [0.3, 0.4) is 0 Å². The van der Waals surface area contributed by atoms with Gasteiger partial charge in [-0.1, -0.05) is 24.1 Å². The summed E-state index contributed by atoms with van der Waals surface area (Å²) in [5, 5.41) is -0.823. The Morgan fingerprint density at radius 3 is 2.59 bits per heavy atom. The van der Waals surface area contributed by atoms with Gasteiger partial charge >= 0.3 is 12.1 Å². The largest absolute Gasteiger partial charge is 0.469 e. The monoisotopic (exact) mass is 431 g/mol. The third-order valence-corrected chi connectivity index (χ3v) is 5.23. The van der Waals surface area contributed by atoms with E-state index in [9.17, 15) is 22.4 Å². The highest BCUT2D eigenvalue weighted by Gasteiger charge is 2.31. The number of hydrogen-bond donors (Lipinski definition) is 3. The van der Waals surface area contributed by atoms with E-state index in [4.69, 9.17) is 11.5 Å². The zero-order valence-corrected chi connectivity index (χ0v) is 16.5. The SMILES string of the molecule is COC(=O)CC(NSC(N)c1c(N)ccc(F)c1C)c1cccc(C(F)(F)F)c1. The number of anilines is 1. The van der Waals surface area contributed by atoms with Gasteiger partial charge in [0.1, 0.15) is 5.82 Å². The molecule has 0 aromatic heterocycles. The number of rotatable bonds is 7. The predicted octanol–water partition coefficient (Wildman–Crippen LogP) is 4.23. The molecule has 10 heteroatoms. The fourth-order valence-electron chi connectivity index (χ4n) is 2.72. The second-order valence-electron chi connectivity index (χ2n) is 6.29. The summed E-state index contributed by atoms with van der Waals surface area (Å²) in [7, 11) is 1.18. The molecule has 2 aromatic carbocycles. The van der Waals surface area contributed by atoms with Crippen LogP contribution in [0.25, 0.3) is 0 Å². The second kappa shape index (κ2) is 9.47. The normalized spacial score (nSPS) is 13.8. The van der Waals surface area contributed by atoms with Gasteiger partial charge in [0.25, 0.3) is 0 Å². The predicted molar refractivity (Wildman–Crippen MR) is 104 cm³/mol. The molecule has 0 saturated heterocycles. The molecule has 0 spiro atoms. The number of nitrogens with two attached hydrogens (primary N) is 2. The number of halogens is 4. The van der Waals surface area contributed by atoms with Crippen LogP contribution in [0, 0.1) is 12.7 Å². The zero-order valence-electron chi connectivity index (χ0n) is 15.7. The summed E-state index contributed by atoms with van der Waals surface area (Å²) in [5.41, 5.74) is 12.3. The van der Waals surface area contributed by atoms with E-state index in [1.54, 1.807) is 0 Å². The van der Waals surface area contributed by atoms with Crippen LogP contribution in [0.1, 0.15) is 40.1 Å². The first-order valence-corrected chi connectivity index (χ1v) is 9.37. The number of alkyl halides is 3. The standard InChI is InChI=1S/C19H21F4N3O2S/c1-10-13(20)6-7-14(24)17(10)18(25)29-26-15(9-16(27)28-2)11-4-3-5-12(8-11)19(21,22)23/h3-8,15,18,26H,9,24-25H2,1-2H3. The summed E-state index contributed by atoms with van der Waals surface area (Å²) in [6.45, 7) is 1.53. The highest BCUT2D eigenvalue weighted by Crippen LogP contribution is 2.35. The van der Waals surface area contributed by atoms with Crippen molar-refractivity contribution < 1.29 is 27.1 Å². The topological polar surface area (TPSA) is 90.4 Å². The maximum absolute atomic E-state index is 13.8. The van der Waals surface area contributed by atoms with Gasteiger partial charge in [0, 0.05) is 11.3 Å². The quantitative estimate of drug-likeness (QED) is 0.200. The first-order chi connectivity index (χ1) is 13.5. The molecule has 2 aromatic rings. The molecule has 0 bridgehead atoms. The second-order valence-corrected chi connectivity index (χ2v) is 7.27. The average molecular weight is 431 g/mol. The lowest BCUT2D eigenvalue weighted by Gasteiger charge is -2.23. The highest BCUT2D eigenvalue weighted by molar-refractivity contribution is 7.97. The number of nitrogens with one attached hydrogen (secondary N) is 1. The van der Waals surface area contributed by atoms with Crippen molar-refractivity contribution in [3.8, 4) is 0 Å². The van der Waals surface area contributed by atoms with Gasteiger partial charge in [-0.3, -0.25) is 9.52 Å². The van der Waals surface area contributed by atoms with Crippen molar-refractivity contribution in [1.29, 1.82) is 0 Å². The minimum atomic E-state index is -4.53. The molecule has 29 heavy (non-hydrogen) atoms. The highest BCUT2D eigenvalue weighted by atomic mass is 32.2. The third-order valence-electron chi connectivity index (χ3n) is 4.32. The van der Waals surface area contributed by atoms with Gasteiger partial charge in [-0.15, -0.1) is 0 Å². The number of esters is 1. The summed E-state index contributed by atoms with van der Waals surface area (Å²) in [4.78, 5) is 11.8. The first-order valence-electron chi connectivity index (χ1n) is 8.49. The first kappa shape index (κ1) is 23.0. The Morgan fingerprint density at radius 1 is 1.28 bits per heavy atom. The van der Waals surface area contributed by atoms with E-state index in [1.165, 1.54) is 38.3 Å². The number of carbonyl (C=O) groups excluding carboxylic acids is 1. The number of carbonyl (C=O) groups is 1. The van der Waals surface area contributed by atoms with E-state index < -0.39 is 34.9 Å². The Kier molecular flexibility index (Phi) is 7.50. The summed E-state index contributed by atoms with van der Waals surface area (Å²) in [6, 6.07) is 6.39. The lowest BCUT2D eigenvalue weighted by Crippen LogP contribution is -2.23. The molecule has 0 aliphatic heterocycles. The van der Waals surface area contributed by atoms with Crippen LogP contribution < -0.4 is 16.2 Å². The van der Waals surface area contributed by atoms with Gasteiger partial charge in [-0.05, 0) is 42.3 Å². The number of hydrogen-bond acceptors (Lipinski definition) is 6. The molecular weight excluding hydrogens is 410 g/mol. The fourth-order valence-corrected chi connectivity index (χ4v) is 3.69. The zero-order chi connectivity index (χ0) is 21.8. The molecular formula is C19H21F4N3O2S. The molecule has 0 amide bonds. The maximum atomic E-state index is 13.8. The van der Waals surface area contributed by atoms with Gasteiger partial charge < -0.3 is 16.2 Å². The van der Waals surface area contributed by atoms with Crippen LogP contribution in [0.5, 0.6) is 0 Å². The van der Waals surface area contributed by atoms with Crippen molar-refractivity contribution in [2.75, 3.05) is 12.8 Å². The van der Waals surface area contributed by atoms with Crippen LogP contribution in [0.15, 0.2) is 36.4 Å². The van der Waals surface area contributed by atoms with Gasteiger partial charge in [0.05, 0.1) is 30.5 Å². The summed E-state index contributed by atoms with van der Waals surface area (Å²) >= 11 is 0.927. The molecule has 0 aliphatic rings. The number of methoxy groups -OCH3 is 1. The van der Waals surface area contributed by atoms with Crippen LogP contribution >= 0.6 is 11.9 Å². The molecule has 2 atom stereocenters. The van der Waals surface area contributed by atoms with Crippen molar-refractivity contribution >= 4 is 23.6 Å². The van der Waals surface area contributed by atoms with Crippen LogP contribution in [0.2, 0.25) is 0 Å². The Hall–Kier alpha value is -2.30. The Morgan fingerprint density at radius 2 is 1.97 bits per heavy atom. The molecule has 0 saturated carbocycles. The smallest absolute Gasteiger partial charge is 0.416 e.